The molecule has 0 aliphatic heterocycles. The number of hydrogen-bond acceptors (Lipinski definition) is 7. The van der Waals surface area contributed by atoms with Gasteiger partial charge in [-0.2, -0.15) is 5.10 Å². The molecule has 8 nitrogen and oxygen atoms in total. The molecule has 0 fully saturated rings. The maximum Gasteiger partial charge on any atom is 0.345 e. The third-order valence-corrected chi connectivity index (χ3v) is 4.34. The molecule has 0 amide bonds. The number of aromatic nitrogens is 2. The van der Waals surface area contributed by atoms with Gasteiger partial charge in [0.25, 0.3) is 5.56 Å². The lowest BCUT2D eigenvalue weighted by Gasteiger charge is -2.10. The highest BCUT2D eigenvalue weighted by Crippen LogP contribution is 2.29. The van der Waals surface area contributed by atoms with Crippen LogP contribution in [0.15, 0.2) is 52.4 Å². The van der Waals surface area contributed by atoms with E-state index in [4.69, 9.17) is 32.7 Å². The number of carbonyl (C=O) groups excluding carboxylic acids is 1. The number of esters is 1. The summed E-state index contributed by atoms with van der Waals surface area (Å²) in [6, 6.07) is 10.7. The Morgan fingerprint density at radius 1 is 1.17 bits per heavy atom. The SMILES string of the molecule is COc1cc(/C=N\Nc2nc(C)cc(=O)[nH]2)ccc1OC(=O)c1ccc(Cl)cc1Cl. The molecule has 0 radical (unpaired) electrons. The lowest BCUT2D eigenvalue weighted by atomic mass is 10.2. The fraction of sp³-hybridized carbons (Fsp3) is 0.100. The summed E-state index contributed by atoms with van der Waals surface area (Å²) in [5.41, 5.74) is 3.75. The van der Waals surface area contributed by atoms with Crippen LogP contribution in [0, 0.1) is 6.92 Å². The van der Waals surface area contributed by atoms with Crippen molar-refractivity contribution in [1.29, 1.82) is 0 Å². The van der Waals surface area contributed by atoms with Crippen molar-refractivity contribution in [3.8, 4) is 11.5 Å². The van der Waals surface area contributed by atoms with Crippen molar-refractivity contribution in [2.75, 3.05) is 12.5 Å². The van der Waals surface area contributed by atoms with Crippen molar-refractivity contribution in [3.63, 3.8) is 0 Å². The van der Waals surface area contributed by atoms with Gasteiger partial charge in [-0.05, 0) is 48.9 Å². The highest BCUT2D eigenvalue weighted by Gasteiger charge is 2.16. The molecule has 0 saturated heterocycles. The third-order valence-electron chi connectivity index (χ3n) is 3.80. The zero-order valence-electron chi connectivity index (χ0n) is 15.9. The molecule has 0 bridgehead atoms. The lowest BCUT2D eigenvalue weighted by molar-refractivity contribution is 0.0730. The quantitative estimate of drug-likeness (QED) is 0.256. The van der Waals surface area contributed by atoms with Crippen LogP contribution in [-0.2, 0) is 0 Å². The number of carbonyl (C=O) groups is 1. The number of anilines is 1. The monoisotopic (exact) mass is 446 g/mol. The molecule has 0 unspecified atom stereocenters. The van der Waals surface area contributed by atoms with Crippen LogP contribution in [0.5, 0.6) is 11.5 Å². The Balaban J connectivity index is 1.74. The Bertz CT molecular complexity index is 1180. The summed E-state index contributed by atoms with van der Waals surface area (Å²) < 4.78 is 10.7. The summed E-state index contributed by atoms with van der Waals surface area (Å²) in [5.74, 6) is 0.101. The number of benzene rings is 2. The van der Waals surface area contributed by atoms with Crippen molar-refractivity contribution in [1.82, 2.24) is 9.97 Å². The summed E-state index contributed by atoms with van der Waals surface area (Å²) in [4.78, 5) is 30.5. The number of H-pyrrole nitrogens is 1. The Morgan fingerprint density at radius 2 is 1.97 bits per heavy atom. The number of aromatic amines is 1. The summed E-state index contributed by atoms with van der Waals surface area (Å²) in [5, 5.41) is 4.62. The van der Waals surface area contributed by atoms with Gasteiger partial charge in [-0.15, -0.1) is 0 Å². The van der Waals surface area contributed by atoms with E-state index in [1.54, 1.807) is 31.2 Å². The minimum atomic E-state index is -0.646. The van der Waals surface area contributed by atoms with Gasteiger partial charge < -0.3 is 9.47 Å². The van der Waals surface area contributed by atoms with Gasteiger partial charge >= 0.3 is 5.97 Å². The standard InChI is InChI=1S/C20H16Cl2N4O4/c1-11-7-18(27)25-20(24-11)26-23-10-12-3-6-16(17(8-12)29-2)30-19(28)14-5-4-13(21)9-15(14)22/h3-10H,1-2H3,(H2,24,25,26,27)/b23-10-. The summed E-state index contributed by atoms with van der Waals surface area (Å²) >= 11 is 11.9. The fourth-order valence-corrected chi connectivity index (χ4v) is 2.94. The van der Waals surface area contributed by atoms with Crippen LogP contribution >= 0.6 is 23.2 Å². The number of hydrogen-bond donors (Lipinski definition) is 2. The van der Waals surface area contributed by atoms with Crippen molar-refractivity contribution in [3.05, 3.63) is 79.7 Å². The molecule has 0 saturated carbocycles. The molecular formula is C20H16Cl2N4O4. The van der Waals surface area contributed by atoms with E-state index < -0.39 is 5.97 Å². The molecule has 154 valence electrons. The van der Waals surface area contributed by atoms with Crippen molar-refractivity contribution < 1.29 is 14.3 Å². The minimum Gasteiger partial charge on any atom is -0.493 e. The van der Waals surface area contributed by atoms with Gasteiger partial charge in [0, 0.05) is 16.8 Å². The van der Waals surface area contributed by atoms with Crippen molar-refractivity contribution in [2.24, 2.45) is 5.10 Å². The van der Waals surface area contributed by atoms with Gasteiger partial charge in [0.15, 0.2) is 11.5 Å². The molecular weight excluding hydrogens is 431 g/mol. The van der Waals surface area contributed by atoms with E-state index in [2.05, 4.69) is 20.5 Å². The largest absolute Gasteiger partial charge is 0.493 e. The molecule has 3 aromatic rings. The van der Waals surface area contributed by atoms with Crippen LogP contribution < -0.4 is 20.5 Å². The number of aryl methyl sites for hydroxylation is 1. The molecule has 30 heavy (non-hydrogen) atoms. The van der Waals surface area contributed by atoms with Crippen LogP contribution in [0.1, 0.15) is 21.6 Å². The zero-order valence-corrected chi connectivity index (χ0v) is 17.4. The topological polar surface area (TPSA) is 106 Å². The molecule has 3 rings (SSSR count). The second kappa shape index (κ2) is 9.43. The number of nitrogens with one attached hydrogen (secondary N) is 2. The van der Waals surface area contributed by atoms with Crippen LogP contribution in [0.3, 0.4) is 0 Å². The predicted octanol–water partition coefficient (Wildman–Crippen LogP) is 4.06. The van der Waals surface area contributed by atoms with Crippen LogP contribution in [0.4, 0.5) is 5.95 Å². The molecule has 0 atom stereocenters. The molecule has 10 heteroatoms. The summed E-state index contributed by atoms with van der Waals surface area (Å²) in [7, 11) is 1.45. The van der Waals surface area contributed by atoms with Gasteiger partial charge in [0.2, 0.25) is 5.95 Å². The van der Waals surface area contributed by atoms with Gasteiger partial charge in [-0.1, -0.05) is 23.2 Å². The van der Waals surface area contributed by atoms with Gasteiger partial charge in [0.1, 0.15) is 0 Å². The first kappa shape index (κ1) is 21.4. The zero-order chi connectivity index (χ0) is 21.7. The van der Waals surface area contributed by atoms with Gasteiger partial charge in [-0.3, -0.25) is 9.78 Å². The molecule has 1 heterocycles. The van der Waals surface area contributed by atoms with E-state index in [-0.39, 0.29) is 27.8 Å². The molecule has 0 aliphatic rings. The Hall–Kier alpha value is -3.36. The highest BCUT2D eigenvalue weighted by atomic mass is 35.5. The molecule has 1 aromatic heterocycles. The number of methoxy groups -OCH3 is 1. The van der Waals surface area contributed by atoms with E-state index in [1.165, 1.54) is 31.5 Å². The highest BCUT2D eigenvalue weighted by molar-refractivity contribution is 6.36. The molecule has 2 aromatic carbocycles. The average molecular weight is 447 g/mol. The van der Waals surface area contributed by atoms with Crippen molar-refractivity contribution in [2.45, 2.75) is 6.92 Å². The average Bonchev–Trinajstić information content (AvgIpc) is 2.68. The minimum absolute atomic E-state index is 0.178. The normalized spacial score (nSPS) is 10.8. The summed E-state index contributed by atoms with van der Waals surface area (Å²) in [6.07, 6.45) is 1.49. The number of halogens is 2. The van der Waals surface area contributed by atoms with Crippen molar-refractivity contribution >= 4 is 41.3 Å². The Kier molecular flexibility index (Phi) is 6.71. The van der Waals surface area contributed by atoms with Crippen LogP contribution in [0.2, 0.25) is 10.0 Å². The molecule has 0 spiro atoms. The number of hydrazone groups is 1. The Morgan fingerprint density at radius 3 is 2.67 bits per heavy atom. The fourth-order valence-electron chi connectivity index (χ4n) is 2.46. The van der Waals surface area contributed by atoms with Gasteiger partial charge in [-0.25, -0.2) is 15.2 Å². The maximum atomic E-state index is 12.4. The van der Waals surface area contributed by atoms with Gasteiger partial charge in [0.05, 0.1) is 23.9 Å². The van der Waals surface area contributed by atoms with E-state index in [9.17, 15) is 9.59 Å². The van der Waals surface area contributed by atoms with E-state index in [0.717, 1.165) is 0 Å². The first-order valence-electron chi connectivity index (χ1n) is 8.58. The summed E-state index contributed by atoms with van der Waals surface area (Å²) in [6.45, 7) is 1.70. The van der Waals surface area contributed by atoms with Crippen LogP contribution in [0.25, 0.3) is 0 Å². The molecule has 2 N–H and O–H groups in total. The Labute approximate surface area is 181 Å². The van der Waals surface area contributed by atoms with E-state index in [1.807, 2.05) is 0 Å². The first-order valence-corrected chi connectivity index (χ1v) is 9.33. The third kappa shape index (κ3) is 5.37. The number of nitrogens with zero attached hydrogens (tertiary/aromatic N) is 2. The van der Waals surface area contributed by atoms with E-state index >= 15 is 0 Å². The second-order valence-electron chi connectivity index (χ2n) is 6.03. The van der Waals surface area contributed by atoms with E-state index in [0.29, 0.717) is 22.0 Å². The number of ether oxygens (including phenoxy) is 2. The molecule has 0 aliphatic carbocycles. The number of rotatable bonds is 6. The second-order valence-corrected chi connectivity index (χ2v) is 6.87. The van der Waals surface area contributed by atoms with Crippen LogP contribution in [-0.4, -0.2) is 29.3 Å². The predicted molar refractivity (Wildman–Crippen MR) is 115 cm³/mol. The smallest absolute Gasteiger partial charge is 0.345 e. The lowest BCUT2D eigenvalue weighted by Crippen LogP contribution is -2.10. The first-order chi connectivity index (χ1) is 14.4. The maximum absolute atomic E-state index is 12.4.